The molecule has 2 atom stereocenters. The Morgan fingerprint density at radius 2 is 1.73 bits per heavy atom. The topological polar surface area (TPSA) is 174 Å². The van der Waals surface area contributed by atoms with Gasteiger partial charge in [-0.3, -0.25) is 28.9 Å². The Morgan fingerprint density at radius 3 is 2.41 bits per heavy atom. The maximum atomic E-state index is 12.5. The van der Waals surface area contributed by atoms with Crippen molar-refractivity contribution < 1.29 is 38.6 Å². The van der Waals surface area contributed by atoms with Gasteiger partial charge in [0.2, 0.25) is 17.7 Å². The van der Waals surface area contributed by atoms with E-state index in [-0.39, 0.29) is 49.9 Å². The summed E-state index contributed by atoms with van der Waals surface area (Å²) in [5, 5.41) is 17.1. The minimum Gasteiger partial charge on any atom is -0.445 e. The van der Waals surface area contributed by atoms with Crippen LogP contribution in [0.1, 0.15) is 51.0 Å². The summed E-state index contributed by atoms with van der Waals surface area (Å²) in [7, 11) is 0. The molecule has 1 aromatic carbocycles. The number of carbonyl (C=O) groups excluding carboxylic acids is 6. The molecule has 41 heavy (non-hydrogen) atoms. The van der Waals surface area contributed by atoms with Crippen LogP contribution in [0.4, 0.5) is 10.5 Å². The molecule has 0 aliphatic carbocycles. The van der Waals surface area contributed by atoms with E-state index in [0.717, 1.165) is 23.3 Å². The first-order valence-corrected chi connectivity index (χ1v) is 13.7. The van der Waals surface area contributed by atoms with E-state index in [2.05, 4.69) is 16.0 Å². The van der Waals surface area contributed by atoms with Crippen LogP contribution in [0.5, 0.6) is 0 Å². The molecule has 6 amide bonds. The summed E-state index contributed by atoms with van der Waals surface area (Å²) in [6.07, 6.45) is 5.54. The van der Waals surface area contributed by atoms with Gasteiger partial charge in [0.05, 0.1) is 19.2 Å². The van der Waals surface area contributed by atoms with Gasteiger partial charge in [-0.1, -0.05) is 18.6 Å². The van der Waals surface area contributed by atoms with Crippen LogP contribution in [0.3, 0.4) is 0 Å². The third-order valence-corrected chi connectivity index (χ3v) is 6.81. The molecule has 1 fully saturated rings. The van der Waals surface area contributed by atoms with Gasteiger partial charge in [-0.25, -0.2) is 4.79 Å². The van der Waals surface area contributed by atoms with Crippen LogP contribution >= 0.6 is 0 Å². The molecule has 2 heterocycles. The van der Waals surface area contributed by atoms with Crippen molar-refractivity contribution in [2.24, 2.45) is 0 Å². The van der Waals surface area contributed by atoms with Crippen LogP contribution in [-0.4, -0.2) is 88.9 Å². The highest BCUT2D eigenvalue weighted by atomic mass is 16.6. The molecule has 4 N–H and O–H groups in total. The number of amides is 6. The van der Waals surface area contributed by atoms with E-state index in [1.165, 1.54) is 24.0 Å². The molecule has 2 unspecified atom stereocenters. The molecular formula is C28H37N5O8. The summed E-state index contributed by atoms with van der Waals surface area (Å²) in [6.45, 7) is 2.07. The van der Waals surface area contributed by atoms with Crippen molar-refractivity contribution >= 4 is 41.3 Å². The highest BCUT2D eigenvalue weighted by Gasteiger charge is 2.29. The van der Waals surface area contributed by atoms with Crippen LogP contribution in [-0.2, 0) is 35.3 Å². The molecule has 13 nitrogen and oxygen atoms in total. The number of benzene rings is 1. The maximum Gasteiger partial charge on any atom is 0.410 e. The summed E-state index contributed by atoms with van der Waals surface area (Å²) in [6, 6.07) is 5.65. The van der Waals surface area contributed by atoms with Crippen molar-refractivity contribution in [2.45, 2.75) is 64.1 Å². The minimum absolute atomic E-state index is 0.0538. The molecule has 13 heteroatoms. The summed E-state index contributed by atoms with van der Waals surface area (Å²) >= 11 is 0. The van der Waals surface area contributed by atoms with Crippen LogP contribution < -0.4 is 16.0 Å². The number of ether oxygens (including phenoxy) is 1. The summed E-state index contributed by atoms with van der Waals surface area (Å²) < 4.78 is 5.33. The number of rotatable bonds is 14. The Morgan fingerprint density at radius 1 is 1.02 bits per heavy atom. The van der Waals surface area contributed by atoms with E-state index in [1.54, 1.807) is 24.3 Å². The average Bonchev–Trinajstić information content (AvgIpc) is 3.57. The predicted octanol–water partition coefficient (Wildman–Crippen LogP) is 0.825. The molecule has 1 saturated heterocycles. The predicted molar refractivity (Wildman–Crippen MR) is 147 cm³/mol. The number of hydrogen-bond donors (Lipinski definition) is 4. The molecule has 222 valence electrons. The second-order valence-electron chi connectivity index (χ2n) is 9.95. The summed E-state index contributed by atoms with van der Waals surface area (Å²) in [5.74, 6) is -1.93. The lowest BCUT2D eigenvalue weighted by molar-refractivity contribution is -0.137. The van der Waals surface area contributed by atoms with Gasteiger partial charge >= 0.3 is 6.09 Å². The third-order valence-electron chi connectivity index (χ3n) is 6.81. The molecular weight excluding hydrogens is 534 g/mol. The molecule has 0 aromatic heterocycles. The van der Waals surface area contributed by atoms with E-state index >= 15 is 0 Å². The van der Waals surface area contributed by atoms with Crippen molar-refractivity contribution in [1.29, 1.82) is 0 Å². The number of hydrogen-bond acceptors (Lipinski definition) is 8. The van der Waals surface area contributed by atoms with Gasteiger partial charge < -0.3 is 30.7 Å². The van der Waals surface area contributed by atoms with Crippen molar-refractivity contribution in [3.63, 3.8) is 0 Å². The van der Waals surface area contributed by atoms with Crippen molar-refractivity contribution in [2.75, 3.05) is 31.6 Å². The van der Waals surface area contributed by atoms with Gasteiger partial charge in [-0.15, -0.1) is 0 Å². The summed E-state index contributed by atoms with van der Waals surface area (Å²) in [5.41, 5.74) is 1.22. The van der Waals surface area contributed by atoms with E-state index in [1.807, 2.05) is 0 Å². The number of aliphatic hydroxyl groups is 1. The Labute approximate surface area is 238 Å². The quantitative estimate of drug-likeness (QED) is 0.188. The highest BCUT2D eigenvalue weighted by molar-refractivity contribution is 6.12. The van der Waals surface area contributed by atoms with Crippen LogP contribution in [0.2, 0.25) is 0 Å². The van der Waals surface area contributed by atoms with Crippen molar-refractivity contribution in [3.05, 3.63) is 42.0 Å². The Bertz CT molecular complexity index is 1130. The standard InChI is InChI=1S/C28H37N5O8/c1-19(30-24(36)16-29-23(35)7-3-2-4-14-33-25(37)12-13-26(33)38)27(39)31-21-10-8-20(9-11-21)18-41-28(40)32-15-5-6-22(32)17-34/h8-13,19,22,34H,2-7,14-18H2,1H3,(H,29,35)(H,30,36)(H,31,39). The lowest BCUT2D eigenvalue weighted by atomic mass is 10.2. The zero-order valence-corrected chi connectivity index (χ0v) is 23.1. The molecule has 0 spiro atoms. The Hall–Kier alpha value is -4.26. The first-order valence-electron chi connectivity index (χ1n) is 13.7. The normalized spacial score (nSPS) is 17.0. The fourth-order valence-electron chi connectivity index (χ4n) is 4.44. The van der Waals surface area contributed by atoms with Crippen molar-refractivity contribution in [1.82, 2.24) is 20.4 Å². The van der Waals surface area contributed by atoms with E-state index in [4.69, 9.17) is 4.74 Å². The van der Waals surface area contributed by atoms with Gasteiger partial charge in [0.1, 0.15) is 12.6 Å². The van der Waals surface area contributed by atoms with Gasteiger partial charge in [-0.05, 0) is 50.3 Å². The van der Waals surface area contributed by atoms with Gasteiger partial charge in [0, 0.05) is 37.3 Å². The number of carbonyl (C=O) groups is 6. The Kier molecular flexibility index (Phi) is 11.8. The number of nitrogens with one attached hydrogen (secondary N) is 3. The van der Waals surface area contributed by atoms with E-state index < -0.39 is 23.9 Å². The highest BCUT2D eigenvalue weighted by Crippen LogP contribution is 2.18. The monoisotopic (exact) mass is 571 g/mol. The van der Waals surface area contributed by atoms with E-state index in [0.29, 0.717) is 38.0 Å². The maximum absolute atomic E-state index is 12.5. The fourth-order valence-corrected chi connectivity index (χ4v) is 4.44. The molecule has 3 rings (SSSR count). The molecule has 2 aliphatic heterocycles. The van der Waals surface area contributed by atoms with E-state index in [9.17, 15) is 33.9 Å². The Balaban J connectivity index is 1.28. The molecule has 1 aromatic rings. The van der Waals surface area contributed by atoms with Crippen LogP contribution in [0.25, 0.3) is 0 Å². The SMILES string of the molecule is CC(NC(=O)CNC(=O)CCCCCN1C(=O)C=CC1=O)C(=O)Nc1ccc(COC(=O)N2CCCC2CO)cc1. The van der Waals surface area contributed by atoms with Crippen molar-refractivity contribution in [3.8, 4) is 0 Å². The smallest absolute Gasteiger partial charge is 0.410 e. The number of likely N-dealkylation sites (tertiary alicyclic amines) is 1. The molecule has 0 bridgehead atoms. The first-order chi connectivity index (χ1) is 19.7. The summed E-state index contributed by atoms with van der Waals surface area (Å²) in [4.78, 5) is 74.5. The number of unbranched alkanes of at least 4 members (excludes halogenated alkanes) is 2. The average molecular weight is 572 g/mol. The second kappa shape index (κ2) is 15.5. The first kappa shape index (κ1) is 31.3. The zero-order valence-electron chi connectivity index (χ0n) is 23.1. The number of anilines is 1. The lowest BCUT2D eigenvalue weighted by Crippen LogP contribution is -2.45. The van der Waals surface area contributed by atoms with Gasteiger partial charge in [-0.2, -0.15) is 0 Å². The third kappa shape index (κ3) is 9.71. The number of nitrogens with zero attached hydrogens (tertiary/aromatic N) is 2. The number of aliphatic hydroxyl groups excluding tert-OH is 1. The fraction of sp³-hybridized carbons (Fsp3) is 0.500. The second-order valence-corrected chi connectivity index (χ2v) is 9.95. The number of imide groups is 1. The zero-order chi connectivity index (χ0) is 29.8. The molecule has 2 aliphatic rings. The van der Waals surface area contributed by atoms with Gasteiger partial charge in [0.15, 0.2) is 0 Å². The minimum atomic E-state index is -0.856. The van der Waals surface area contributed by atoms with Gasteiger partial charge in [0.25, 0.3) is 11.8 Å². The van der Waals surface area contributed by atoms with Crippen LogP contribution in [0, 0.1) is 0 Å². The van der Waals surface area contributed by atoms with Crippen LogP contribution in [0.15, 0.2) is 36.4 Å². The molecule has 0 radical (unpaired) electrons. The molecule has 0 saturated carbocycles. The largest absolute Gasteiger partial charge is 0.445 e. The lowest BCUT2D eigenvalue weighted by Gasteiger charge is -2.22.